The Morgan fingerprint density at radius 3 is 2.52 bits per heavy atom. The van der Waals surface area contributed by atoms with Gasteiger partial charge in [0.2, 0.25) is 10.0 Å². The molecule has 0 aromatic carbocycles. The third-order valence-electron chi connectivity index (χ3n) is 3.72. The molecular formula is C14H22F3N3O2S. The second-order valence-electron chi connectivity index (χ2n) is 6.27. The Morgan fingerprint density at radius 2 is 1.91 bits per heavy atom. The van der Waals surface area contributed by atoms with E-state index in [1.54, 1.807) is 13.8 Å². The summed E-state index contributed by atoms with van der Waals surface area (Å²) in [5, 5.41) is 3.70. The fraction of sp³-hybridized carbons (Fsp3) is 0.786. The summed E-state index contributed by atoms with van der Waals surface area (Å²) in [7, 11) is -3.41. The zero-order chi connectivity index (χ0) is 17.3. The predicted molar refractivity (Wildman–Crippen MR) is 80.5 cm³/mol. The van der Waals surface area contributed by atoms with E-state index in [9.17, 15) is 21.6 Å². The molecule has 1 heterocycles. The van der Waals surface area contributed by atoms with Gasteiger partial charge in [0.25, 0.3) is 0 Å². The summed E-state index contributed by atoms with van der Waals surface area (Å²) in [4.78, 5) is 0. The second kappa shape index (κ2) is 6.80. The van der Waals surface area contributed by atoms with Crippen LogP contribution < -0.4 is 4.72 Å². The minimum absolute atomic E-state index is 0.00197. The lowest BCUT2D eigenvalue weighted by atomic mass is 9.95. The van der Waals surface area contributed by atoms with Crippen LogP contribution in [-0.2, 0) is 35.6 Å². The van der Waals surface area contributed by atoms with Crippen LogP contribution in [0, 0.1) is 5.92 Å². The van der Waals surface area contributed by atoms with E-state index in [4.69, 9.17) is 0 Å². The topological polar surface area (TPSA) is 64.0 Å². The van der Waals surface area contributed by atoms with Crippen LogP contribution in [0.3, 0.4) is 0 Å². The smallest absolute Gasteiger partial charge is 0.267 e. The minimum Gasteiger partial charge on any atom is -0.267 e. The largest absolute Gasteiger partial charge is 0.435 e. The molecule has 23 heavy (non-hydrogen) atoms. The van der Waals surface area contributed by atoms with E-state index in [0.717, 1.165) is 12.8 Å². The van der Waals surface area contributed by atoms with E-state index >= 15 is 0 Å². The molecular weight excluding hydrogens is 331 g/mol. The molecule has 0 radical (unpaired) electrons. The zero-order valence-corrected chi connectivity index (χ0v) is 14.1. The molecule has 0 saturated carbocycles. The summed E-state index contributed by atoms with van der Waals surface area (Å²) in [5.74, 6) is -0.0142. The third-order valence-corrected chi connectivity index (χ3v) is 5.47. The molecule has 0 amide bonds. The van der Waals surface area contributed by atoms with Gasteiger partial charge in [-0.15, -0.1) is 0 Å². The molecule has 5 nitrogen and oxygen atoms in total. The monoisotopic (exact) mass is 353 g/mol. The quantitative estimate of drug-likeness (QED) is 0.854. The predicted octanol–water partition coefficient (Wildman–Crippen LogP) is 2.36. The van der Waals surface area contributed by atoms with Crippen molar-refractivity contribution >= 4 is 10.0 Å². The number of nitrogens with zero attached hydrogens (tertiary/aromatic N) is 2. The van der Waals surface area contributed by atoms with Crippen molar-refractivity contribution in [2.45, 2.75) is 52.3 Å². The minimum atomic E-state index is -4.47. The normalized spacial score (nSPS) is 15.9. The van der Waals surface area contributed by atoms with Gasteiger partial charge in [-0.1, -0.05) is 13.8 Å². The first-order valence-corrected chi connectivity index (χ1v) is 9.38. The van der Waals surface area contributed by atoms with Gasteiger partial charge in [-0.05, 0) is 31.6 Å². The molecule has 0 fully saturated rings. The first kappa shape index (κ1) is 18.3. The fourth-order valence-electron chi connectivity index (χ4n) is 2.89. The SMILES string of the molecule is CC(C)CS(=O)(=O)NCCn1nc(C(F)(F)F)c2c1CCCC2. The number of hydrogen-bond acceptors (Lipinski definition) is 3. The van der Waals surface area contributed by atoms with Crippen molar-refractivity contribution in [3.63, 3.8) is 0 Å². The molecule has 1 aromatic rings. The number of rotatable bonds is 6. The van der Waals surface area contributed by atoms with E-state index in [0.29, 0.717) is 18.5 Å². The van der Waals surface area contributed by atoms with Gasteiger partial charge in [0, 0.05) is 17.8 Å². The van der Waals surface area contributed by atoms with Crippen LogP contribution in [0.1, 0.15) is 43.6 Å². The summed E-state index contributed by atoms with van der Waals surface area (Å²) in [6.07, 6.45) is -1.98. The van der Waals surface area contributed by atoms with E-state index in [1.165, 1.54) is 4.68 Å². The number of halogens is 3. The maximum atomic E-state index is 13.1. The Hall–Kier alpha value is -1.09. The number of sulfonamides is 1. The van der Waals surface area contributed by atoms with Crippen LogP contribution in [0.25, 0.3) is 0 Å². The molecule has 1 aliphatic carbocycles. The molecule has 0 saturated heterocycles. The highest BCUT2D eigenvalue weighted by Crippen LogP contribution is 2.35. The van der Waals surface area contributed by atoms with E-state index in [-0.39, 0.29) is 30.3 Å². The summed E-state index contributed by atoms with van der Waals surface area (Å²) < 4.78 is 66.4. The van der Waals surface area contributed by atoms with E-state index < -0.39 is 21.9 Å². The standard InChI is InChI=1S/C14H22F3N3O2S/c1-10(2)9-23(21,22)18-7-8-20-12-6-4-3-5-11(12)13(19-20)14(15,16)17/h10,18H,3-9H2,1-2H3. The van der Waals surface area contributed by atoms with Crippen molar-refractivity contribution < 1.29 is 21.6 Å². The van der Waals surface area contributed by atoms with Crippen LogP contribution in [0.4, 0.5) is 13.2 Å². The van der Waals surface area contributed by atoms with Crippen LogP contribution in [0.15, 0.2) is 0 Å². The van der Waals surface area contributed by atoms with Crippen LogP contribution >= 0.6 is 0 Å². The molecule has 1 aromatic heterocycles. The molecule has 2 rings (SSSR count). The van der Waals surface area contributed by atoms with Gasteiger partial charge in [0.15, 0.2) is 5.69 Å². The van der Waals surface area contributed by atoms with Gasteiger partial charge in [0.05, 0.1) is 12.3 Å². The van der Waals surface area contributed by atoms with E-state index in [2.05, 4.69) is 9.82 Å². The Bertz CT molecular complexity index is 651. The van der Waals surface area contributed by atoms with Crippen molar-refractivity contribution in [2.24, 2.45) is 5.92 Å². The van der Waals surface area contributed by atoms with Crippen molar-refractivity contribution in [3.8, 4) is 0 Å². The highest BCUT2D eigenvalue weighted by molar-refractivity contribution is 7.89. The molecule has 132 valence electrons. The van der Waals surface area contributed by atoms with Crippen molar-refractivity contribution in [1.29, 1.82) is 0 Å². The molecule has 9 heteroatoms. The van der Waals surface area contributed by atoms with Gasteiger partial charge < -0.3 is 0 Å². The third kappa shape index (κ3) is 4.69. The number of hydrogen-bond donors (Lipinski definition) is 1. The maximum absolute atomic E-state index is 13.1. The van der Waals surface area contributed by atoms with Crippen LogP contribution in [0.2, 0.25) is 0 Å². The lowest BCUT2D eigenvalue weighted by Gasteiger charge is -2.15. The van der Waals surface area contributed by atoms with Gasteiger partial charge >= 0.3 is 6.18 Å². The highest BCUT2D eigenvalue weighted by Gasteiger charge is 2.39. The lowest BCUT2D eigenvalue weighted by molar-refractivity contribution is -0.142. The molecule has 0 unspecified atom stereocenters. The maximum Gasteiger partial charge on any atom is 0.435 e. The summed E-state index contributed by atoms with van der Waals surface area (Å²) >= 11 is 0. The van der Waals surface area contributed by atoms with Gasteiger partial charge in [-0.25, -0.2) is 13.1 Å². The summed E-state index contributed by atoms with van der Waals surface area (Å²) in [6.45, 7) is 3.73. The molecule has 1 N–H and O–H groups in total. The van der Waals surface area contributed by atoms with Crippen LogP contribution in [-0.4, -0.2) is 30.5 Å². The number of alkyl halides is 3. The molecule has 0 aliphatic heterocycles. The summed E-state index contributed by atoms with van der Waals surface area (Å²) in [6, 6.07) is 0. The van der Waals surface area contributed by atoms with Gasteiger partial charge in [-0.3, -0.25) is 4.68 Å². The average Bonchev–Trinajstić information content (AvgIpc) is 2.76. The summed E-state index contributed by atoms with van der Waals surface area (Å²) in [5.41, 5.74) is 0.0395. The lowest BCUT2D eigenvalue weighted by Crippen LogP contribution is -2.31. The molecule has 1 aliphatic rings. The molecule has 0 bridgehead atoms. The molecule has 0 atom stereocenters. The van der Waals surface area contributed by atoms with Gasteiger partial charge in [0.1, 0.15) is 0 Å². The number of aromatic nitrogens is 2. The zero-order valence-electron chi connectivity index (χ0n) is 13.3. The Morgan fingerprint density at radius 1 is 1.26 bits per heavy atom. The first-order chi connectivity index (χ1) is 10.6. The molecule has 0 spiro atoms. The second-order valence-corrected chi connectivity index (χ2v) is 8.12. The van der Waals surface area contributed by atoms with Crippen LogP contribution in [0.5, 0.6) is 0 Å². The number of nitrogens with one attached hydrogen (secondary N) is 1. The van der Waals surface area contributed by atoms with Crippen molar-refractivity contribution in [3.05, 3.63) is 17.0 Å². The Labute approximate surface area is 134 Å². The van der Waals surface area contributed by atoms with E-state index in [1.807, 2.05) is 0 Å². The average molecular weight is 353 g/mol. The Kier molecular flexibility index (Phi) is 5.40. The van der Waals surface area contributed by atoms with Crippen molar-refractivity contribution in [2.75, 3.05) is 12.3 Å². The Balaban J connectivity index is 2.10. The number of fused-ring (bicyclic) bond motifs is 1. The fourth-order valence-corrected chi connectivity index (χ4v) is 4.29. The highest BCUT2D eigenvalue weighted by atomic mass is 32.2. The van der Waals surface area contributed by atoms with Gasteiger partial charge in [-0.2, -0.15) is 18.3 Å². The van der Waals surface area contributed by atoms with Crippen molar-refractivity contribution in [1.82, 2.24) is 14.5 Å². The first-order valence-electron chi connectivity index (χ1n) is 7.73.